The lowest BCUT2D eigenvalue weighted by Crippen LogP contribution is -2.29. The van der Waals surface area contributed by atoms with E-state index in [2.05, 4.69) is 0 Å². The average Bonchev–Trinajstić information content (AvgIpc) is 3.15. The Labute approximate surface area is 209 Å². The number of aliphatic hydroxyl groups excluding tert-OH is 1. The van der Waals surface area contributed by atoms with Crippen molar-refractivity contribution in [3.63, 3.8) is 0 Å². The molecule has 0 spiro atoms. The second-order valence-electron chi connectivity index (χ2n) is 7.69. The Hall–Kier alpha value is -4.44. The molecule has 0 bridgehead atoms. The standard InChI is InChI=1S/C25H18ClFN2O7/c1-35-19-9-6-13(11-20(19)36-2)22-21(23(30)14-4-3-5-16(10-14)29(33)34)24(31)25(32)28(22)15-7-8-18(27)17(26)12-15/h3-12,22,30H,1-2H3/b23-21+. The zero-order chi connectivity index (χ0) is 26.1. The van der Waals surface area contributed by atoms with Gasteiger partial charge in [0.1, 0.15) is 11.6 Å². The number of Topliss-reactive ketones (excluding diaryl/α,β-unsaturated/α-hetero) is 1. The van der Waals surface area contributed by atoms with E-state index >= 15 is 0 Å². The SMILES string of the molecule is COc1ccc(C2/C(=C(\O)c3cccc([N+](=O)[O-])c3)C(=O)C(=O)N2c2ccc(F)c(Cl)c2)cc1OC. The van der Waals surface area contributed by atoms with E-state index in [0.717, 1.165) is 17.0 Å². The molecule has 4 rings (SSSR count). The third-order valence-electron chi connectivity index (χ3n) is 5.68. The number of ketones is 1. The number of ether oxygens (including phenoxy) is 2. The van der Waals surface area contributed by atoms with Crippen LogP contribution in [-0.2, 0) is 9.59 Å². The Bertz CT molecular complexity index is 1440. The van der Waals surface area contributed by atoms with Crippen LogP contribution in [0.1, 0.15) is 17.2 Å². The van der Waals surface area contributed by atoms with Crippen molar-refractivity contribution in [2.24, 2.45) is 0 Å². The normalized spacial score (nSPS) is 16.8. The molecule has 1 heterocycles. The van der Waals surface area contributed by atoms with Crippen LogP contribution >= 0.6 is 11.6 Å². The monoisotopic (exact) mass is 512 g/mol. The maximum atomic E-state index is 13.9. The molecular weight excluding hydrogens is 495 g/mol. The van der Waals surface area contributed by atoms with Gasteiger partial charge in [-0.2, -0.15) is 0 Å². The number of carbonyl (C=O) groups excluding carboxylic acids is 2. The average molecular weight is 513 g/mol. The molecule has 0 aliphatic carbocycles. The van der Waals surface area contributed by atoms with E-state index in [9.17, 15) is 29.2 Å². The van der Waals surface area contributed by atoms with Gasteiger partial charge in [-0.25, -0.2) is 4.39 Å². The highest BCUT2D eigenvalue weighted by molar-refractivity contribution is 6.51. The Morgan fingerprint density at radius 1 is 1.06 bits per heavy atom. The maximum absolute atomic E-state index is 13.9. The van der Waals surface area contributed by atoms with E-state index in [4.69, 9.17) is 21.1 Å². The van der Waals surface area contributed by atoms with E-state index in [-0.39, 0.29) is 33.3 Å². The second-order valence-corrected chi connectivity index (χ2v) is 8.10. The summed E-state index contributed by atoms with van der Waals surface area (Å²) in [7, 11) is 2.84. The first-order chi connectivity index (χ1) is 17.2. The smallest absolute Gasteiger partial charge is 0.300 e. The van der Waals surface area contributed by atoms with E-state index < -0.39 is 34.2 Å². The van der Waals surface area contributed by atoms with Crippen LogP contribution in [0.3, 0.4) is 0 Å². The molecule has 1 fully saturated rings. The van der Waals surface area contributed by atoms with Crippen LogP contribution in [0, 0.1) is 15.9 Å². The summed E-state index contributed by atoms with van der Waals surface area (Å²) in [6.45, 7) is 0. The van der Waals surface area contributed by atoms with Crippen LogP contribution in [0.2, 0.25) is 5.02 Å². The van der Waals surface area contributed by atoms with E-state index in [1.54, 1.807) is 12.1 Å². The maximum Gasteiger partial charge on any atom is 0.300 e. The quantitative estimate of drug-likeness (QED) is 0.162. The van der Waals surface area contributed by atoms with Gasteiger partial charge in [-0.3, -0.25) is 24.6 Å². The molecule has 1 aliphatic rings. The molecule has 0 aromatic heterocycles. The van der Waals surface area contributed by atoms with Crippen LogP contribution in [0.5, 0.6) is 11.5 Å². The molecular formula is C25H18ClFN2O7. The Morgan fingerprint density at radius 3 is 2.42 bits per heavy atom. The molecule has 1 aliphatic heterocycles. The lowest BCUT2D eigenvalue weighted by molar-refractivity contribution is -0.384. The molecule has 1 unspecified atom stereocenters. The van der Waals surface area contributed by atoms with Crippen molar-refractivity contribution >= 4 is 40.4 Å². The lowest BCUT2D eigenvalue weighted by atomic mass is 9.94. The molecule has 3 aromatic carbocycles. The number of methoxy groups -OCH3 is 2. The summed E-state index contributed by atoms with van der Waals surface area (Å²) in [5.41, 5.74) is -0.236. The number of amides is 1. The number of nitrogens with zero attached hydrogens (tertiary/aromatic N) is 2. The highest BCUT2D eigenvalue weighted by Gasteiger charge is 2.47. The van der Waals surface area contributed by atoms with Crippen LogP contribution in [0.15, 0.2) is 66.2 Å². The van der Waals surface area contributed by atoms with Crippen LogP contribution in [-0.4, -0.2) is 35.9 Å². The highest BCUT2D eigenvalue weighted by atomic mass is 35.5. The molecule has 36 heavy (non-hydrogen) atoms. The molecule has 184 valence electrons. The summed E-state index contributed by atoms with van der Waals surface area (Å²) >= 11 is 5.94. The van der Waals surface area contributed by atoms with Crippen molar-refractivity contribution in [2.75, 3.05) is 19.1 Å². The minimum absolute atomic E-state index is 0.0372. The highest BCUT2D eigenvalue weighted by Crippen LogP contribution is 2.44. The fourth-order valence-electron chi connectivity index (χ4n) is 3.99. The molecule has 0 radical (unpaired) electrons. The summed E-state index contributed by atoms with van der Waals surface area (Å²) in [5.74, 6) is -2.73. The van der Waals surface area contributed by atoms with E-state index in [1.807, 2.05) is 0 Å². The van der Waals surface area contributed by atoms with Gasteiger partial charge in [-0.05, 0) is 35.9 Å². The third-order valence-corrected chi connectivity index (χ3v) is 5.97. The Balaban J connectivity index is 1.99. The van der Waals surface area contributed by atoms with Gasteiger partial charge in [0.15, 0.2) is 11.5 Å². The first-order valence-corrected chi connectivity index (χ1v) is 10.8. The van der Waals surface area contributed by atoms with Gasteiger partial charge in [-0.1, -0.05) is 29.8 Å². The lowest BCUT2D eigenvalue weighted by Gasteiger charge is -2.26. The minimum atomic E-state index is -1.20. The van der Waals surface area contributed by atoms with Crippen molar-refractivity contribution in [3.05, 3.63) is 98.3 Å². The van der Waals surface area contributed by atoms with Gasteiger partial charge < -0.3 is 14.6 Å². The van der Waals surface area contributed by atoms with E-state index in [0.29, 0.717) is 11.3 Å². The number of halogens is 2. The molecule has 9 nitrogen and oxygen atoms in total. The van der Waals surface area contributed by atoms with Gasteiger partial charge in [0, 0.05) is 23.4 Å². The zero-order valence-corrected chi connectivity index (χ0v) is 19.7. The first-order valence-electron chi connectivity index (χ1n) is 10.4. The summed E-state index contributed by atoms with van der Waals surface area (Å²) in [6.07, 6.45) is 0. The van der Waals surface area contributed by atoms with Crippen molar-refractivity contribution in [1.82, 2.24) is 0 Å². The number of rotatable bonds is 6. The largest absolute Gasteiger partial charge is 0.507 e. The van der Waals surface area contributed by atoms with Crippen molar-refractivity contribution in [1.29, 1.82) is 0 Å². The molecule has 1 amide bonds. The van der Waals surface area contributed by atoms with Gasteiger partial charge >= 0.3 is 0 Å². The minimum Gasteiger partial charge on any atom is -0.507 e. The number of non-ortho nitro benzene ring substituents is 1. The first kappa shape index (κ1) is 24.7. The van der Waals surface area contributed by atoms with Crippen molar-refractivity contribution in [3.8, 4) is 11.5 Å². The van der Waals surface area contributed by atoms with Gasteiger partial charge in [0.25, 0.3) is 17.4 Å². The molecule has 1 N–H and O–H groups in total. The van der Waals surface area contributed by atoms with Crippen LogP contribution < -0.4 is 14.4 Å². The van der Waals surface area contributed by atoms with Crippen LogP contribution in [0.4, 0.5) is 15.8 Å². The van der Waals surface area contributed by atoms with Crippen molar-refractivity contribution < 1.29 is 33.5 Å². The van der Waals surface area contributed by atoms with Gasteiger partial charge in [0.05, 0.1) is 35.8 Å². The zero-order valence-electron chi connectivity index (χ0n) is 18.9. The summed E-state index contributed by atoms with van der Waals surface area (Å²) in [6, 6.07) is 12.0. The Morgan fingerprint density at radius 2 is 1.78 bits per heavy atom. The topological polar surface area (TPSA) is 119 Å². The molecule has 1 saturated heterocycles. The molecule has 3 aromatic rings. The third kappa shape index (κ3) is 4.22. The van der Waals surface area contributed by atoms with E-state index in [1.165, 1.54) is 50.6 Å². The number of carbonyl (C=O) groups is 2. The van der Waals surface area contributed by atoms with Crippen LogP contribution in [0.25, 0.3) is 5.76 Å². The second kappa shape index (κ2) is 9.67. The fourth-order valence-corrected chi connectivity index (χ4v) is 4.17. The Kier molecular flexibility index (Phi) is 6.63. The number of nitro groups is 1. The predicted octanol–water partition coefficient (Wildman–Crippen LogP) is 5.03. The number of anilines is 1. The van der Waals surface area contributed by atoms with Gasteiger partial charge in [0.2, 0.25) is 0 Å². The predicted molar refractivity (Wildman–Crippen MR) is 129 cm³/mol. The summed E-state index contributed by atoms with van der Waals surface area (Å²) in [5, 5.41) is 22.1. The summed E-state index contributed by atoms with van der Waals surface area (Å²) in [4.78, 5) is 38.1. The molecule has 0 saturated carbocycles. The van der Waals surface area contributed by atoms with Gasteiger partial charge in [-0.15, -0.1) is 0 Å². The molecule has 1 atom stereocenters. The number of benzene rings is 3. The number of hydrogen-bond acceptors (Lipinski definition) is 7. The number of nitro benzene ring substituents is 1. The molecule has 11 heteroatoms. The fraction of sp³-hybridized carbons (Fsp3) is 0.120. The van der Waals surface area contributed by atoms with Crippen molar-refractivity contribution in [2.45, 2.75) is 6.04 Å². The summed E-state index contributed by atoms with van der Waals surface area (Å²) < 4.78 is 24.5. The number of aliphatic hydroxyl groups is 1. The number of hydrogen-bond donors (Lipinski definition) is 1.